The van der Waals surface area contributed by atoms with Crippen LogP contribution in [0.1, 0.15) is 52.2 Å². The fraction of sp³-hybridized carbons (Fsp3) is 0.571. The molecule has 96 valence electrons. The first kappa shape index (κ1) is 13.1. The number of carbonyl (C=O) groups is 1. The minimum Gasteiger partial charge on any atom is -0.351 e. The number of fused-ring (bicyclic) bond motifs is 1. The van der Waals surface area contributed by atoms with Crippen LogP contribution in [0.4, 0.5) is 0 Å². The highest BCUT2D eigenvalue weighted by Gasteiger charge is 2.15. The highest BCUT2D eigenvalue weighted by atomic mass is 32.1. The SMILES string of the molecule is N#CCCCNC(=O)c1cc2c(s1)CCCCC2. The Hall–Kier alpha value is -1.34. The Morgan fingerprint density at radius 1 is 1.39 bits per heavy atom. The first-order chi connectivity index (χ1) is 8.81. The van der Waals surface area contributed by atoms with Crippen molar-refractivity contribution in [3.05, 3.63) is 21.4 Å². The lowest BCUT2D eigenvalue weighted by Gasteiger charge is -2.00. The zero-order valence-electron chi connectivity index (χ0n) is 10.5. The van der Waals surface area contributed by atoms with Gasteiger partial charge in [-0.05, 0) is 43.7 Å². The maximum Gasteiger partial charge on any atom is 0.261 e. The lowest BCUT2D eigenvalue weighted by atomic mass is 10.1. The van der Waals surface area contributed by atoms with E-state index < -0.39 is 0 Å². The molecular formula is C14H18N2OS. The van der Waals surface area contributed by atoms with Crippen molar-refractivity contribution in [1.82, 2.24) is 5.32 Å². The number of amides is 1. The molecule has 1 aliphatic rings. The number of nitrogens with one attached hydrogen (secondary N) is 1. The van der Waals surface area contributed by atoms with Crippen molar-refractivity contribution in [3.8, 4) is 6.07 Å². The van der Waals surface area contributed by atoms with Crippen LogP contribution in [0.3, 0.4) is 0 Å². The predicted octanol–water partition coefficient (Wildman–Crippen LogP) is 3.05. The molecule has 0 aromatic carbocycles. The minimum absolute atomic E-state index is 0.0195. The molecule has 0 spiro atoms. The topological polar surface area (TPSA) is 52.9 Å². The van der Waals surface area contributed by atoms with Crippen LogP contribution < -0.4 is 5.32 Å². The molecule has 4 heteroatoms. The van der Waals surface area contributed by atoms with Gasteiger partial charge in [0.1, 0.15) is 0 Å². The van der Waals surface area contributed by atoms with Gasteiger partial charge in [-0.15, -0.1) is 11.3 Å². The van der Waals surface area contributed by atoms with Gasteiger partial charge >= 0.3 is 0 Å². The van der Waals surface area contributed by atoms with Crippen molar-refractivity contribution >= 4 is 17.2 Å². The molecule has 0 fully saturated rings. The molecule has 1 aromatic rings. The molecule has 0 radical (unpaired) electrons. The number of nitrogens with zero attached hydrogens (tertiary/aromatic N) is 1. The molecule has 1 aliphatic carbocycles. The molecule has 0 aliphatic heterocycles. The van der Waals surface area contributed by atoms with Crippen LogP contribution in [0.25, 0.3) is 0 Å². The van der Waals surface area contributed by atoms with Crippen LogP contribution in [0, 0.1) is 11.3 Å². The summed E-state index contributed by atoms with van der Waals surface area (Å²) in [4.78, 5) is 14.2. The van der Waals surface area contributed by atoms with Gasteiger partial charge in [0.2, 0.25) is 0 Å². The van der Waals surface area contributed by atoms with Crippen LogP contribution in [0.5, 0.6) is 0 Å². The monoisotopic (exact) mass is 262 g/mol. The van der Waals surface area contributed by atoms with Crippen LogP contribution in [0.2, 0.25) is 0 Å². The Balaban J connectivity index is 1.93. The molecule has 2 rings (SSSR count). The summed E-state index contributed by atoms with van der Waals surface area (Å²) in [5.74, 6) is 0.0195. The highest BCUT2D eigenvalue weighted by molar-refractivity contribution is 7.14. The Labute approximate surface area is 112 Å². The largest absolute Gasteiger partial charge is 0.351 e. The van der Waals surface area contributed by atoms with E-state index in [9.17, 15) is 4.79 Å². The highest BCUT2D eigenvalue weighted by Crippen LogP contribution is 2.28. The molecule has 0 atom stereocenters. The van der Waals surface area contributed by atoms with E-state index in [1.54, 1.807) is 11.3 Å². The fourth-order valence-corrected chi connectivity index (χ4v) is 3.41. The summed E-state index contributed by atoms with van der Waals surface area (Å²) in [7, 11) is 0. The Morgan fingerprint density at radius 2 is 2.22 bits per heavy atom. The Bertz CT molecular complexity index is 435. The van der Waals surface area contributed by atoms with Crippen molar-refractivity contribution in [1.29, 1.82) is 5.26 Å². The van der Waals surface area contributed by atoms with Gasteiger partial charge in [-0.1, -0.05) is 6.42 Å². The molecule has 3 nitrogen and oxygen atoms in total. The first-order valence-electron chi connectivity index (χ1n) is 6.58. The number of nitriles is 1. The molecule has 0 unspecified atom stereocenters. The van der Waals surface area contributed by atoms with Crippen molar-refractivity contribution < 1.29 is 4.79 Å². The van der Waals surface area contributed by atoms with Gasteiger partial charge in [-0.25, -0.2) is 0 Å². The van der Waals surface area contributed by atoms with Crippen LogP contribution in [-0.2, 0) is 12.8 Å². The van der Waals surface area contributed by atoms with E-state index in [-0.39, 0.29) is 5.91 Å². The zero-order valence-corrected chi connectivity index (χ0v) is 11.3. The molecule has 0 saturated heterocycles. The number of hydrogen-bond acceptors (Lipinski definition) is 3. The molecule has 1 aromatic heterocycles. The second kappa shape index (κ2) is 6.55. The molecule has 1 N–H and O–H groups in total. The fourth-order valence-electron chi connectivity index (χ4n) is 2.24. The van der Waals surface area contributed by atoms with Gasteiger partial charge in [-0.3, -0.25) is 4.79 Å². The van der Waals surface area contributed by atoms with E-state index in [2.05, 4.69) is 17.5 Å². The number of unbranched alkanes of at least 4 members (excludes halogenated alkanes) is 1. The molecule has 18 heavy (non-hydrogen) atoms. The summed E-state index contributed by atoms with van der Waals surface area (Å²) in [6.45, 7) is 0.592. The maximum absolute atomic E-state index is 11.9. The molecule has 0 bridgehead atoms. The van der Waals surface area contributed by atoms with Crippen molar-refractivity contribution in [2.24, 2.45) is 0 Å². The third-order valence-electron chi connectivity index (χ3n) is 3.22. The number of hydrogen-bond donors (Lipinski definition) is 1. The smallest absolute Gasteiger partial charge is 0.261 e. The average Bonchev–Trinajstić information content (AvgIpc) is 2.66. The second-order valence-corrected chi connectivity index (χ2v) is 5.77. The summed E-state index contributed by atoms with van der Waals surface area (Å²) < 4.78 is 0. The van der Waals surface area contributed by atoms with Gasteiger partial charge in [0, 0.05) is 17.8 Å². The normalized spacial score (nSPS) is 14.4. The predicted molar refractivity (Wildman–Crippen MR) is 72.8 cm³/mol. The summed E-state index contributed by atoms with van der Waals surface area (Å²) in [5, 5.41) is 11.3. The molecular weight excluding hydrogens is 244 g/mol. The number of thiophene rings is 1. The van der Waals surface area contributed by atoms with Gasteiger partial charge < -0.3 is 5.32 Å². The quantitative estimate of drug-likeness (QED) is 0.669. The summed E-state index contributed by atoms with van der Waals surface area (Å²) in [6.07, 6.45) is 7.27. The van der Waals surface area contributed by atoms with E-state index in [4.69, 9.17) is 5.26 Å². The van der Waals surface area contributed by atoms with E-state index in [1.165, 1.54) is 29.7 Å². The van der Waals surface area contributed by atoms with E-state index >= 15 is 0 Å². The molecule has 1 heterocycles. The van der Waals surface area contributed by atoms with Gasteiger partial charge in [0.25, 0.3) is 5.91 Å². The molecule has 0 saturated carbocycles. The minimum atomic E-state index is 0.0195. The van der Waals surface area contributed by atoms with E-state index in [0.717, 1.165) is 24.1 Å². The third-order valence-corrected chi connectivity index (χ3v) is 4.46. The van der Waals surface area contributed by atoms with Crippen LogP contribution in [-0.4, -0.2) is 12.5 Å². The summed E-state index contributed by atoms with van der Waals surface area (Å²) >= 11 is 1.64. The van der Waals surface area contributed by atoms with E-state index in [0.29, 0.717) is 13.0 Å². The van der Waals surface area contributed by atoms with Crippen molar-refractivity contribution in [2.75, 3.05) is 6.54 Å². The first-order valence-corrected chi connectivity index (χ1v) is 7.39. The van der Waals surface area contributed by atoms with Crippen LogP contribution >= 0.6 is 11.3 Å². The third kappa shape index (κ3) is 3.33. The maximum atomic E-state index is 11.9. The lowest BCUT2D eigenvalue weighted by Crippen LogP contribution is -2.23. The standard InChI is InChI=1S/C14H18N2OS/c15-8-4-5-9-16-14(17)13-10-11-6-2-1-3-7-12(11)18-13/h10H,1-7,9H2,(H,16,17). The Morgan fingerprint density at radius 3 is 3.06 bits per heavy atom. The van der Waals surface area contributed by atoms with Crippen molar-refractivity contribution in [2.45, 2.75) is 44.9 Å². The van der Waals surface area contributed by atoms with Gasteiger partial charge in [0.15, 0.2) is 0 Å². The number of rotatable bonds is 4. The number of aryl methyl sites for hydroxylation is 2. The van der Waals surface area contributed by atoms with Gasteiger partial charge in [0.05, 0.1) is 10.9 Å². The van der Waals surface area contributed by atoms with Crippen molar-refractivity contribution in [3.63, 3.8) is 0 Å². The molecule has 1 amide bonds. The average molecular weight is 262 g/mol. The zero-order chi connectivity index (χ0) is 12.8. The Kier molecular flexibility index (Phi) is 4.77. The van der Waals surface area contributed by atoms with Gasteiger partial charge in [-0.2, -0.15) is 5.26 Å². The lowest BCUT2D eigenvalue weighted by molar-refractivity contribution is 0.0957. The number of carbonyl (C=O) groups excluding carboxylic acids is 1. The van der Waals surface area contributed by atoms with Crippen LogP contribution in [0.15, 0.2) is 6.07 Å². The second-order valence-electron chi connectivity index (χ2n) is 4.64. The summed E-state index contributed by atoms with van der Waals surface area (Å²) in [6, 6.07) is 4.14. The van der Waals surface area contributed by atoms with E-state index in [1.807, 2.05) is 0 Å². The summed E-state index contributed by atoms with van der Waals surface area (Å²) in [5.41, 5.74) is 1.37.